The molecule has 3 aromatic rings. The largest absolute Gasteiger partial charge is 0.497 e. The predicted molar refractivity (Wildman–Crippen MR) is 99.7 cm³/mol. The Bertz CT molecular complexity index is 934. The maximum atomic E-state index is 12.2. The topological polar surface area (TPSA) is 66.1 Å². The van der Waals surface area contributed by atoms with Crippen molar-refractivity contribution in [3.8, 4) is 5.75 Å². The van der Waals surface area contributed by atoms with Crippen LogP contribution in [-0.2, 0) is 12.8 Å². The van der Waals surface area contributed by atoms with Gasteiger partial charge in [0.25, 0.3) is 0 Å². The van der Waals surface area contributed by atoms with Crippen molar-refractivity contribution in [1.82, 2.24) is 10.3 Å². The number of fused-ring (bicyclic) bond motifs is 3. The zero-order chi connectivity index (χ0) is 17.4. The van der Waals surface area contributed by atoms with E-state index < -0.39 is 0 Å². The highest BCUT2D eigenvalue weighted by Crippen LogP contribution is 2.32. The molecule has 2 aromatic carbocycles. The Kier molecular flexibility index (Phi) is 4.01. The fourth-order valence-corrected chi connectivity index (χ4v) is 3.50. The number of amides is 2. The van der Waals surface area contributed by atoms with E-state index in [4.69, 9.17) is 16.3 Å². The van der Waals surface area contributed by atoms with Gasteiger partial charge in [-0.1, -0.05) is 11.6 Å². The molecule has 1 heterocycles. The molecule has 6 heteroatoms. The Hall–Kier alpha value is -2.66. The third-order valence-corrected chi connectivity index (χ3v) is 4.79. The number of methoxy groups -OCH3 is 1. The van der Waals surface area contributed by atoms with Crippen LogP contribution in [0.2, 0.25) is 5.02 Å². The van der Waals surface area contributed by atoms with Crippen molar-refractivity contribution < 1.29 is 9.53 Å². The number of H-pyrrole nitrogens is 1. The Morgan fingerprint density at radius 1 is 1.20 bits per heavy atom. The number of aromatic nitrogens is 1. The summed E-state index contributed by atoms with van der Waals surface area (Å²) in [6.07, 6.45) is 1.59. The van der Waals surface area contributed by atoms with E-state index in [1.807, 2.05) is 18.2 Å². The van der Waals surface area contributed by atoms with Crippen LogP contribution in [-0.4, -0.2) is 24.2 Å². The molecule has 0 bridgehead atoms. The number of urea groups is 1. The van der Waals surface area contributed by atoms with Gasteiger partial charge in [-0.3, -0.25) is 0 Å². The van der Waals surface area contributed by atoms with Crippen LogP contribution in [0.3, 0.4) is 0 Å². The highest BCUT2D eigenvalue weighted by atomic mass is 35.5. The molecule has 4 rings (SSSR count). The summed E-state index contributed by atoms with van der Waals surface area (Å²) < 4.78 is 5.31. The molecular weight excluding hydrogens is 338 g/mol. The normalized spacial score (nSPS) is 15.8. The van der Waals surface area contributed by atoms with Crippen LogP contribution in [0, 0.1) is 0 Å². The van der Waals surface area contributed by atoms with E-state index in [1.165, 1.54) is 11.3 Å². The number of ether oxygens (including phenoxy) is 1. The molecule has 1 aliphatic rings. The second-order valence-electron chi connectivity index (χ2n) is 6.20. The predicted octanol–water partition coefficient (Wildman–Crippen LogP) is 4.12. The number of carbonyl (C=O) groups is 1. The molecule has 0 spiro atoms. The Morgan fingerprint density at radius 2 is 2.00 bits per heavy atom. The Balaban J connectivity index is 1.44. The number of benzene rings is 2. The van der Waals surface area contributed by atoms with Crippen LogP contribution in [0.1, 0.15) is 11.3 Å². The number of halogens is 1. The van der Waals surface area contributed by atoms with Crippen LogP contribution >= 0.6 is 11.6 Å². The highest BCUT2D eigenvalue weighted by Gasteiger charge is 2.26. The molecule has 0 fully saturated rings. The molecule has 25 heavy (non-hydrogen) atoms. The Morgan fingerprint density at radius 3 is 2.76 bits per heavy atom. The molecule has 3 N–H and O–H groups in total. The second kappa shape index (κ2) is 6.33. The van der Waals surface area contributed by atoms with E-state index in [0.717, 1.165) is 29.5 Å². The van der Waals surface area contributed by atoms with Crippen LogP contribution < -0.4 is 15.4 Å². The van der Waals surface area contributed by atoms with Crippen LogP contribution in [0.25, 0.3) is 10.9 Å². The van der Waals surface area contributed by atoms with Crippen molar-refractivity contribution in [3.63, 3.8) is 0 Å². The van der Waals surface area contributed by atoms with Gasteiger partial charge in [0, 0.05) is 39.8 Å². The van der Waals surface area contributed by atoms with Crippen molar-refractivity contribution in [2.45, 2.75) is 18.9 Å². The zero-order valence-electron chi connectivity index (χ0n) is 13.7. The number of carbonyl (C=O) groups excluding carboxylic acids is 1. The van der Waals surface area contributed by atoms with E-state index >= 15 is 0 Å². The van der Waals surface area contributed by atoms with Gasteiger partial charge in [-0.2, -0.15) is 0 Å². The molecule has 1 aliphatic carbocycles. The smallest absolute Gasteiger partial charge is 0.319 e. The first-order chi connectivity index (χ1) is 12.1. The number of aromatic amines is 1. The standard InChI is InChI=1S/C19H18ClN3O2/c1-25-14-6-7-17-16(10-14)15-8-13(9-18(15)23-17)22-19(24)21-12-4-2-11(20)3-5-12/h2-7,10,13,23H,8-9H2,1H3,(H2,21,22,24). The maximum Gasteiger partial charge on any atom is 0.319 e. The molecule has 0 aliphatic heterocycles. The molecule has 5 nitrogen and oxygen atoms in total. The second-order valence-corrected chi connectivity index (χ2v) is 6.64. The third kappa shape index (κ3) is 3.15. The van der Waals surface area contributed by atoms with Crippen molar-refractivity contribution in [2.24, 2.45) is 0 Å². The Labute approximate surface area is 150 Å². The van der Waals surface area contributed by atoms with Gasteiger partial charge < -0.3 is 20.4 Å². The van der Waals surface area contributed by atoms with E-state index in [1.54, 1.807) is 31.4 Å². The van der Waals surface area contributed by atoms with E-state index in [9.17, 15) is 4.79 Å². The van der Waals surface area contributed by atoms with E-state index in [0.29, 0.717) is 10.7 Å². The summed E-state index contributed by atoms with van der Waals surface area (Å²) in [5, 5.41) is 7.67. The number of hydrogen-bond acceptors (Lipinski definition) is 2. The number of hydrogen-bond donors (Lipinski definition) is 3. The lowest BCUT2D eigenvalue weighted by Gasteiger charge is -2.13. The monoisotopic (exact) mass is 355 g/mol. The van der Waals surface area contributed by atoms with Crippen molar-refractivity contribution in [1.29, 1.82) is 0 Å². The summed E-state index contributed by atoms with van der Waals surface area (Å²) in [5.41, 5.74) is 4.26. The molecule has 0 saturated heterocycles. The minimum absolute atomic E-state index is 0.0733. The summed E-state index contributed by atoms with van der Waals surface area (Å²) in [7, 11) is 1.67. The van der Waals surface area contributed by atoms with Gasteiger partial charge in [0.05, 0.1) is 7.11 Å². The fourth-order valence-electron chi connectivity index (χ4n) is 3.37. The molecule has 1 aromatic heterocycles. The summed E-state index contributed by atoms with van der Waals surface area (Å²) in [6, 6.07) is 12.9. The first-order valence-corrected chi connectivity index (χ1v) is 8.51. The third-order valence-electron chi connectivity index (χ3n) is 4.54. The molecule has 1 unspecified atom stereocenters. The molecule has 2 amide bonds. The molecule has 128 valence electrons. The van der Waals surface area contributed by atoms with E-state index in [-0.39, 0.29) is 12.1 Å². The van der Waals surface area contributed by atoms with Crippen molar-refractivity contribution in [3.05, 3.63) is 58.7 Å². The average molecular weight is 356 g/mol. The quantitative estimate of drug-likeness (QED) is 0.661. The lowest BCUT2D eigenvalue weighted by Crippen LogP contribution is -2.38. The SMILES string of the molecule is COc1ccc2[nH]c3c(c2c1)CC(NC(=O)Nc1ccc(Cl)cc1)C3. The highest BCUT2D eigenvalue weighted by molar-refractivity contribution is 6.30. The fraction of sp³-hybridized carbons (Fsp3) is 0.211. The minimum Gasteiger partial charge on any atom is -0.497 e. The zero-order valence-corrected chi connectivity index (χ0v) is 14.5. The van der Waals surface area contributed by atoms with Gasteiger partial charge in [0.2, 0.25) is 0 Å². The van der Waals surface area contributed by atoms with Gasteiger partial charge >= 0.3 is 6.03 Å². The molecule has 0 saturated carbocycles. The van der Waals surface area contributed by atoms with Gasteiger partial charge in [0.1, 0.15) is 5.75 Å². The molecule has 0 radical (unpaired) electrons. The summed E-state index contributed by atoms with van der Waals surface area (Å²) >= 11 is 5.85. The lowest BCUT2D eigenvalue weighted by atomic mass is 10.1. The van der Waals surface area contributed by atoms with Gasteiger partial charge in [-0.15, -0.1) is 0 Å². The van der Waals surface area contributed by atoms with Gasteiger partial charge in [-0.25, -0.2) is 4.79 Å². The minimum atomic E-state index is -0.209. The van der Waals surface area contributed by atoms with Crippen LogP contribution in [0.15, 0.2) is 42.5 Å². The summed E-state index contributed by atoms with van der Waals surface area (Å²) in [4.78, 5) is 15.6. The average Bonchev–Trinajstić information content (AvgIpc) is 3.13. The summed E-state index contributed by atoms with van der Waals surface area (Å²) in [6.45, 7) is 0. The van der Waals surface area contributed by atoms with Crippen molar-refractivity contribution in [2.75, 3.05) is 12.4 Å². The van der Waals surface area contributed by atoms with Gasteiger partial charge in [-0.05, 0) is 54.4 Å². The number of nitrogens with one attached hydrogen (secondary N) is 3. The number of anilines is 1. The molecule has 1 atom stereocenters. The first kappa shape index (κ1) is 15.8. The van der Waals surface area contributed by atoms with E-state index in [2.05, 4.69) is 15.6 Å². The molecular formula is C19H18ClN3O2. The van der Waals surface area contributed by atoms with Crippen LogP contribution in [0.5, 0.6) is 5.75 Å². The van der Waals surface area contributed by atoms with Crippen LogP contribution in [0.4, 0.5) is 10.5 Å². The lowest BCUT2D eigenvalue weighted by molar-refractivity contribution is 0.249. The first-order valence-electron chi connectivity index (χ1n) is 8.13. The van der Waals surface area contributed by atoms with Crippen molar-refractivity contribution >= 4 is 34.2 Å². The summed E-state index contributed by atoms with van der Waals surface area (Å²) in [5.74, 6) is 0.839. The number of rotatable bonds is 3. The maximum absolute atomic E-state index is 12.2. The van der Waals surface area contributed by atoms with Gasteiger partial charge in [0.15, 0.2) is 0 Å².